The minimum absolute atomic E-state index is 0.169. The molecule has 0 spiro atoms. The normalized spacial score (nSPS) is 19.1. The number of likely N-dealkylation sites (N-methyl/N-ethyl adjacent to an activating group) is 1. The number of hydrogen-bond donors (Lipinski definition) is 1. The molecule has 25 heavy (non-hydrogen) atoms. The molecule has 2 rings (SSSR count). The molecule has 1 atom stereocenters. The first kappa shape index (κ1) is 19.9. The highest BCUT2D eigenvalue weighted by atomic mass is 32.2. The van der Waals surface area contributed by atoms with Crippen molar-refractivity contribution in [3.05, 3.63) is 30.3 Å². The molecule has 0 aliphatic carbocycles. The Hall–Kier alpha value is -1.44. The van der Waals surface area contributed by atoms with Crippen LogP contribution in [0.1, 0.15) is 26.2 Å². The maximum Gasteiger partial charge on any atom is 0.243 e. The van der Waals surface area contributed by atoms with Gasteiger partial charge in [0.05, 0.1) is 11.4 Å². The fourth-order valence-electron chi connectivity index (χ4n) is 3.14. The van der Waals surface area contributed by atoms with Gasteiger partial charge in [-0.1, -0.05) is 25.1 Å². The number of hydrogen-bond acceptors (Lipinski definition) is 4. The highest BCUT2D eigenvalue weighted by Gasteiger charge is 2.22. The first-order valence-electron chi connectivity index (χ1n) is 8.90. The smallest absolute Gasteiger partial charge is 0.243 e. The molecular weight excluding hydrogens is 338 g/mol. The summed E-state index contributed by atoms with van der Waals surface area (Å²) in [5.41, 5.74) is 0. The molecule has 1 fully saturated rings. The SMILES string of the molecule is C[C@H]1CCCN(CCCNC(=O)CN(C)S(=O)(=O)c2ccccc2)C1. The van der Waals surface area contributed by atoms with Crippen molar-refractivity contribution in [3.8, 4) is 0 Å². The van der Waals surface area contributed by atoms with E-state index in [0.717, 1.165) is 36.3 Å². The van der Waals surface area contributed by atoms with E-state index in [2.05, 4.69) is 17.1 Å². The zero-order chi connectivity index (χ0) is 18.3. The van der Waals surface area contributed by atoms with Crippen LogP contribution >= 0.6 is 0 Å². The van der Waals surface area contributed by atoms with Gasteiger partial charge in [-0.25, -0.2) is 8.42 Å². The van der Waals surface area contributed by atoms with Crippen LogP contribution < -0.4 is 5.32 Å². The summed E-state index contributed by atoms with van der Waals surface area (Å²) in [4.78, 5) is 14.6. The zero-order valence-corrected chi connectivity index (χ0v) is 16.0. The second-order valence-electron chi connectivity index (χ2n) is 6.83. The Morgan fingerprint density at radius 1 is 1.32 bits per heavy atom. The molecule has 0 bridgehead atoms. The summed E-state index contributed by atoms with van der Waals surface area (Å²) >= 11 is 0. The van der Waals surface area contributed by atoms with Crippen LogP contribution in [0.15, 0.2) is 35.2 Å². The van der Waals surface area contributed by atoms with Gasteiger partial charge >= 0.3 is 0 Å². The Labute approximate surface area is 151 Å². The summed E-state index contributed by atoms with van der Waals surface area (Å²) in [6.45, 7) is 5.92. The fourth-order valence-corrected chi connectivity index (χ4v) is 4.28. The van der Waals surface area contributed by atoms with E-state index in [1.165, 1.54) is 32.0 Å². The fraction of sp³-hybridized carbons (Fsp3) is 0.611. The predicted octanol–water partition coefficient (Wildman–Crippen LogP) is 1.55. The van der Waals surface area contributed by atoms with Crippen LogP contribution in [0.4, 0.5) is 0 Å². The van der Waals surface area contributed by atoms with E-state index in [9.17, 15) is 13.2 Å². The van der Waals surface area contributed by atoms with Crippen LogP contribution in [0.5, 0.6) is 0 Å². The van der Waals surface area contributed by atoms with Gasteiger partial charge in [-0.3, -0.25) is 4.79 Å². The molecule has 1 aromatic carbocycles. The second-order valence-corrected chi connectivity index (χ2v) is 8.87. The van der Waals surface area contributed by atoms with Gasteiger partial charge in [-0.2, -0.15) is 4.31 Å². The maximum absolute atomic E-state index is 12.4. The lowest BCUT2D eigenvalue weighted by atomic mass is 10.0. The van der Waals surface area contributed by atoms with Gasteiger partial charge in [-0.05, 0) is 50.4 Å². The van der Waals surface area contributed by atoms with Crippen LogP contribution in [0.25, 0.3) is 0 Å². The van der Waals surface area contributed by atoms with E-state index in [-0.39, 0.29) is 17.3 Å². The highest BCUT2D eigenvalue weighted by molar-refractivity contribution is 7.89. The number of rotatable bonds is 8. The van der Waals surface area contributed by atoms with Crippen LogP contribution in [0, 0.1) is 5.92 Å². The van der Waals surface area contributed by atoms with Gasteiger partial charge in [0, 0.05) is 20.1 Å². The van der Waals surface area contributed by atoms with Crippen molar-refractivity contribution >= 4 is 15.9 Å². The summed E-state index contributed by atoms with van der Waals surface area (Å²) in [5.74, 6) is 0.481. The lowest BCUT2D eigenvalue weighted by molar-refractivity contribution is -0.121. The summed E-state index contributed by atoms with van der Waals surface area (Å²) in [6, 6.07) is 8.16. The summed E-state index contributed by atoms with van der Waals surface area (Å²) in [5, 5.41) is 2.82. The summed E-state index contributed by atoms with van der Waals surface area (Å²) in [7, 11) is -2.20. The topological polar surface area (TPSA) is 69.7 Å². The minimum Gasteiger partial charge on any atom is -0.355 e. The number of likely N-dealkylation sites (tertiary alicyclic amines) is 1. The molecule has 1 amide bonds. The van der Waals surface area contributed by atoms with Crippen LogP contribution in [-0.2, 0) is 14.8 Å². The quantitative estimate of drug-likeness (QED) is 0.708. The van der Waals surface area contributed by atoms with E-state index in [1.807, 2.05) is 0 Å². The minimum atomic E-state index is -3.62. The molecule has 1 saturated heterocycles. The molecule has 1 heterocycles. The van der Waals surface area contributed by atoms with Crippen LogP contribution in [0.3, 0.4) is 0 Å². The number of nitrogens with zero attached hydrogens (tertiary/aromatic N) is 2. The van der Waals surface area contributed by atoms with Crippen molar-refractivity contribution in [1.29, 1.82) is 0 Å². The van der Waals surface area contributed by atoms with Gasteiger partial charge in [-0.15, -0.1) is 0 Å². The average molecular weight is 368 g/mol. The van der Waals surface area contributed by atoms with Gasteiger partial charge in [0.15, 0.2) is 0 Å². The van der Waals surface area contributed by atoms with Gasteiger partial charge < -0.3 is 10.2 Å². The molecule has 6 nitrogen and oxygen atoms in total. The number of piperidine rings is 1. The number of amides is 1. The molecule has 1 aliphatic heterocycles. The molecule has 140 valence electrons. The average Bonchev–Trinajstić information content (AvgIpc) is 2.59. The number of carbonyl (C=O) groups excluding carboxylic acids is 1. The first-order valence-corrected chi connectivity index (χ1v) is 10.3. The Morgan fingerprint density at radius 2 is 2.04 bits per heavy atom. The Kier molecular flexibility index (Phi) is 7.40. The standard InChI is InChI=1S/C18H29N3O3S/c1-16-8-6-12-21(14-16)13-7-11-19-18(22)15-20(2)25(23,24)17-9-4-3-5-10-17/h3-5,9-10,16H,6-8,11-15H2,1-2H3,(H,19,22)/t16-/m0/s1. The predicted molar refractivity (Wildman–Crippen MR) is 98.7 cm³/mol. The van der Waals surface area contributed by atoms with Gasteiger partial charge in [0.25, 0.3) is 0 Å². The Morgan fingerprint density at radius 3 is 2.72 bits per heavy atom. The Balaban J connectivity index is 1.71. The van der Waals surface area contributed by atoms with Crippen molar-refractivity contribution in [3.63, 3.8) is 0 Å². The lowest BCUT2D eigenvalue weighted by Crippen LogP contribution is -2.40. The third kappa shape index (κ3) is 6.09. The number of sulfonamides is 1. The maximum atomic E-state index is 12.4. The second kappa shape index (κ2) is 9.31. The molecule has 0 saturated carbocycles. The van der Waals surface area contributed by atoms with E-state index in [1.54, 1.807) is 18.2 Å². The number of benzene rings is 1. The number of carbonyl (C=O) groups is 1. The number of nitrogens with one attached hydrogen (secondary N) is 1. The van der Waals surface area contributed by atoms with Crippen molar-refractivity contribution in [2.75, 3.05) is 39.8 Å². The van der Waals surface area contributed by atoms with Crippen molar-refractivity contribution in [2.24, 2.45) is 5.92 Å². The lowest BCUT2D eigenvalue weighted by Gasteiger charge is -2.30. The highest BCUT2D eigenvalue weighted by Crippen LogP contribution is 2.15. The van der Waals surface area contributed by atoms with E-state index < -0.39 is 10.0 Å². The van der Waals surface area contributed by atoms with Crippen LogP contribution in [-0.4, -0.2) is 63.3 Å². The molecular formula is C18H29N3O3S. The Bertz CT molecular complexity index is 649. The molecule has 1 N–H and O–H groups in total. The van der Waals surface area contributed by atoms with Crippen molar-refractivity contribution in [2.45, 2.75) is 31.1 Å². The van der Waals surface area contributed by atoms with Gasteiger partial charge in [0.2, 0.25) is 15.9 Å². The van der Waals surface area contributed by atoms with Crippen LogP contribution in [0.2, 0.25) is 0 Å². The van der Waals surface area contributed by atoms with Gasteiger partial charge in [0.1, 0.15) is 0 Å². The molecule has 0 unspecified atom stereocenters. The van der Waals surface area contributed by atoms with E-state index in [0.29, 0.717) is 6.54 Å². The molecule has 1 aliphatic rings. The largest absolute Gasteiger partial charge is 0.355 e. The molecule has 0 radical (unpaired) electrons. The van der Waals surface area contributed by atoms with Crippen molar-refractivity contribution in [1.82, 2.24) is 14.5 Å². The van der Waals surface area contributed by atoms with Crippen molar-refractivity contribution < 1.29 is 13.2 Å². The monoisotopic (exact) mass is 367 g/mol. The van der Waals surface area contributed by atoms with E-state index >= 15 is 0 Å². The molecule has 0 aromatic heterocycles. The molecule has 7 heteroatoms. The third-order valence-electron chi connectivity index (χ3n) is 4.53. The zero-order valence-electron chi connectivity index (χ0n) is 15.1. The third-order valence-corrected chi connectivity index (χ3v) is 6.35. The summed E-state index contributed by atoms with van der Waals surface area (Å²) in [6.07, 6.45) is 3.43. The van der Waals surface area contributed by atoms with E-state index in [4.69, 9.17) is 0 Å². The first-order chi connectivity index (χ1) is 11.9. The molecule has 1 aromatic rings. The summed E-state index contributed by atoms with van der Waals surface area (Å²) < 4.78 is 25.8.